The van der Waals surface area contributed by atoms with Crippen molar-refractivity contribution in [3.8, 4) is 33.8 Å². The summed E-state index contributed by atoms with van der Waals surface area (Å²) >= 11 is 0. The van der Waals surface area contributed by atoms with Crippen molar-refractivity contribution in [1.82, 2.24) is 0 Å². The molecule has 2 aliphatic rings. The predicted octanol–water partition coefficient (Wildman–Crippen LogP) is 13.9. The van der Waals surface area contributed by atoms with E-state index in [-0.39, 0.29) is 31.8 Å². The molecule has 4 aromatic carbocycles. The molecule has 0 saturated heterocycles. The summed E-state index contributed by atoms with van der Waals surface area (Å²) in [5, 5.41) is 1.04. The second kappa shape index (κ2) is 15.6. The van der Waals surface area contributed by atoms with Gasteiger partial charge in [0.05, 0.1) is 0 Å². The van der Waals surface area contributed by atoms with Gasteiger partial charge >= 0.3 is 0 Å². The lowest BCUT2D eigenvalue weighted by Gasteiger charge is -2.34. The Kier molecular flexibility index (Phi) is 11.6. The van der Waals surface area contributed by atoms with Crippen LogP contribution in [0, 0.1) is 13.8 Å². The zero-order chi connectivity index (χ0) is 38.3. The van der Waals surface area contributed by atoms with Crippen LogP contribution in [0.15, 0.2) is 72.8 Å². The van der Waals surface area contributed by atoms with Crippen molar-refractivity contribution in [3.63, 3.8) is 0 Å². The van der Waals surface area contributed by atoms with Gasteiger partial charge in [0.15, 0.2) is 0 Å². The molecular formula is C49H64O2S2. The summed E-state index contributed by atoms with van der Waals surface area (Å²) in [6.45, 7) is 22.4. The summed E-state index contributed by atoms with van der Waals surface area (Å²) in [5.74, 6) is 12.7. The highest BCUT2D eigenvalue weighted by atomic mass is 32.2. The molecule has 284 valence electrons. The third-order valence-corrected chi connectivity index (χ3v) is 15.5. The zero-order valence-electron chi connectivity index (χ0n) is 34.3. The highest BCUT2D eigenvalue weighted by molar-refractivity contribution is 8.17. The first-order chi connectivity index (χ1) is 24.9. The fraction of sp³-hybridized carbons (Fsp3) is 0.469. The van der Waals surface area contributed by atoms with E-state index in [1.54, 1.807) is 0 Å². The van der Waals surface area contributed by atoms with E-state index < -0.39 is 5.79 Å². The molecule has 1 heterocycles. The van der Waals surface area contributed by atoms with Gasteiger partial charge in [-0.15, -0.1) is 0 Å². The van der Waals surface area contributed by atoms with Gasteiger partial charge in [-0.1, -0.05) is 151 Å². The van der Waals surface area contributed by atoms with Gasteiger partial charge in [-0.3, -0.25) is 0 Å². The van der Waals surface area contributed by atoms with Gasteiger partial charge < -0.3 is 9.47 Å². The number of fused-ring (bicyclic) bond motifs is 3. The van der Waals surface area contributed by atoms with Crippen LogP contribution in [0.2, 0.25) is 0 Å². The Bertz CT molecular complexity index is 1830. The largest absolute Gasteiger partial charge is 0.452 e. The van der Waals surface area contributed by atoms with E-state index in [1.165, 1.54) is 83.0 Å². The number of hydrogen-bond donors (Lipinski definition) is 0. The maximum atomic E-state index is 7.34. The molecule has 1 aliphatic heterocycles. The van der Waals surface area contributed by atoms with Crippen LogP contribution in [-0.2, 0) is 22.3 Å². The first-order valence-electron chi connectivity index (χ1n) is 19.8. The summed E-state index contributed by atoms with van der Waals surface area (Å²) in [5.41, 5.74) is 12.2. The van der Waals surface area contributed by atoms with Crippen molar-refractivity contribution in [2.45, 2.75) is 146 Å². The van der Waals surface area contributed by atoms with Gasteiger partial charge in [-0.05, 0) is 71.9 Å². The molecule has 2 nitrogen and oxygen atoms in total. The molecule has 0 radical (unpaired) electrons. The van der Waals surface area contributed by atoms with Gasteiger partial charge in [0.25, 0.3) is 0 Å². The Balaban J connectivity index is 1.64. The van der Waals surface area contributed by atoms with Crippen molar-refractivity contribution in [2.24, 2.45) is 0 Å². The van der Waals surface area contributed by atoms with Crippen LogP contribution in [0.25, 0.3) is 22.3 Å². The van der Waals surface area contributed by atoms with Crippen molar-refractivity contribution in [1.29, 1.82) is 0 Å². The molecule has 6 rings (SSSR count). The standard InChI is InChI=1S/C49H64O2S2/c1-33-19-23-35(24-20-33)41-29-39(47(3,4)5)27-37-31-52(11)43-17-15-13-14-16-18-44(43)53(12)32-38-28-40(48(6,7)8)30-42(36-25-21-34(2)22-26-36)46(38)51-49(9,10)50-45(37)41/h19-30,43-44H,11-18,31-32H2,1-10H3. The second-order valence-electron chi connectivity index (χ2n) is 18.3. The molecule has 0 N–H and O–H groups in total. The minimum atomic E-state index is -0.982. The van der Waals surface area contributed by atoms with Crippen molar-refractivity contribution >= 4 is 32.7 Å². The summed E-state index contributed by atoms with van der Waals surface area (Å²) < 4.78 is 14.7. The predicted molar refractivity (Wildman–Crippen MR) is 238 cm³/mol. The van der Waals surface area contributed by atoms with E-state index in [4.69, 9.17) is 21.2 Å². The number of aryl methyl sites for hydroxylation is 2. The molecule has 1 aliphatic carbocycles. The van der Waals surface area contributed by atoms with Gasteiger partial charge in [0.2, 0.25) is 5.79 Å². The minimum Gasteiger partial charge on any atom is -0.452 e. The fourth-order valence-electron chi connectivity index (χ4n) is 7.90. The van der Waals surface area contributed by atoms with E-state index in [0.29, 0.717) is 10.5 Å². The average Bonchev–Trinajstić information content (AvgIpc) is 3.05. The number of benzene rings is 4. The van der Waals surface area contributed by atoms with E-state index in [9.17, 15) is 0 Å². The molecule has 0 aromatic heterocycles. The average molecular weight is 749 g/mol. The smallest absolute Gasteiger partial charge is 0.245 e. The van der Waals surface area contributed by atoms with Gasteiger partial charge in [-0.25, -0.2) is 0 Å². The number of rotatable bonds is 2. The van der Waals surface area contributed by atoms with Gasteiger partial charge in [-0.2, -0.15) is 21.0 Å². The Labute approximate surface area is 327 Å². The lowest BCUT2D eigenvalue weighted by atomic mass is 9.83. The molecule has 0 amide bonds. The van der Waals surface area contributed by atoms with Crippen LogP contribution in [0.1, 0.15) is 127 Å². The third-order valence-electron chi connectivity index (χ3n) is 11.2. The Morgan fingerprint density at radius 3 is 1.26 bits per heavy atom. The van der Waals surface area contributed by atoms with Crippen molar-refractivity contribution in [2.75, 3.05) is 0 Å². The maximum absolute atomic E-state index is 7.34. The van der Waals surface area contributed by atoms with E-state index in [2.05, 4.69) is 142 Å². The molecular weight excluding hydrogens is 685 g/mol. The third kappa shape index (κ3) is 9.25. The molecule has 1 fully saturated rings. The lowest BCUT2D eigenvalue weighted by molar-refractivity contribution is -0.0811. The van der Waals surface area contributed by atoms with Crippen LogP contribution in [0.5, 0.6) is 11.5 Å². The Hall–Kier alpha value is -3.08. The van der Waals surface area contributed by atoms with Crippen LogP contribution >= 0.6 is 21.0 Å². The number of ether oxygens (including phenoxy) is 2. The fourth-order valence-corrected chi connectivity index (χ4v) is 12.6. The second-order valence-corrected chi connectivity index (χ2v) is 22.2. The van der Waals surface area contributed by atoms with Crippen LogP contribution in [0.4, 0.5) is 0 Å². The first kappa shape index (κ1) is 39.6. The molecule has 4 heteroatoms. The normalized spacial score (nSPS) is 22.5. The SMILES string of the molecule is C=S1Cc2cc(C(C)(C)C)cc(-c3ccc(C)cc3)c2OC(C)(C)Oc2c(cc(C(C)(C)C)cc2-c2ccc(C)cc2)CS(=C)C2CCCCCCC21. The topological polar surface area (TPSA) is 18.5 Å². The van der Waals surface area contributed by atoms with E-state index in [1.807, 2.05) is 0 Å². The first-order valence-corrected chi connectivity index (χ1v) is 23.0. The van der Waals surface area contributed by atoms with Crippen LogP contribution < -0.4 is 9.47 Å². The highest BCUT2D eigenvalue weighted by Gasteiger charge is 2.34. The Morgan fingerprint density at radius 2 is 0.925 bits per heavy atom. The lowest BCUT2D eigenvalue weighted by Crippen LogP contribution is -2.36. The van der Waals surface area contributed by atoms with Gasteiger partial charge in [0, 0.05) is 58.1 Å². The quantitative estimate of drug-likeness (QED) is 0.190. The molecule has 0 spiro atoms. The van der Waals surface area contributed by atoms with Crippen LogP contribution in [0.3, 0.4) is 0 Å². The molecule has 53 heavy (non-hydrogen) atoms. The summed E-state index contributed by atoms with van der Waals surface area (Å²) in [6.07, 6.45) is 7.63. The molecule has 4 unspecified atom stereocenters. The molecule has 0 bridgehead atoms. The maximum Gasteiger partial charge on any atom is 0.245 e. The van der Waals surface area contributed by atoms with E-state index in [0.717, 1.165) is 34.1 Å². The molecule has 4 aromatic rings. The summed E-state index contributed by atoms with van der Waals surface area (Å²) in [7, 11) is -0.237. The monoisotopic (exact) mass is 748 g/mol. The van der Waals surface area contributed by atoms with Gasteiger partial charge in [0.1, 0.15) is 11.5 Å². The summed E-state index contributed by atoms with van der Waals surface area (Å²) in [4.78, 5) is 0. The molecule has 1 saturated carbocycles. The highest BCUT2D eigenvalue weighted by Crippen LogP contribution is 2.49. The van der Waals surface area contributed by atoms with Crippen molar-refractivity contribution in [3.05, 3.63) is 106 Å². The number of hydrogen-bond acceptors (Lipinski definition) is 2. The van der Waals surface area contributed by atoms with E-state index >= 15 is 0 Å². The van der Waals surface area contributed by atoms with Crippen molar-refractivity contribution < 1.29 is 9.47 Å². The minimum absolute atomic E-state index is 0.0311. The molecule has 4 atom stereocenters. The zero-order valence-corrected chi connectivity index (χ0v) is 35.9. The summed E-state index contributed by atoms with van der Waals surface area (Å²) in [6, 6.07) is 27.4. The van der Waals surface area contributed by atoms with Crippen LogP contribution in [-0.4, -0.2) is 28.0 Å². The Morgan fingerprint density at radius 1 is 0.566 bits per heavy atom.